The van der Waals surface area contributed by atoms with Gasteiger partial charge in [0, 0.05) is 57.7 Å². The number of piperazine rings is 1. The van der Waals surface area contributed by atoms with E-state index in [1.54, 1.807) is 36.3 Å². The summed E-state index contributed by atoms with van der Waals surface area (Å²) in [5.74, 6) is -0.445. The molecule has 0 aliphatic carbocycles. The Bertz CT molecular complexity index is 1350. The summed E-state index contributed by atoms with van der Waals surface area (Å²) in [6.45, 7) is 2.62. The highest BCUT2D eigenvalue weighted by atomic mass is 35.5. The largest absolute Gasteiger partial charge is 0.447 e. The number of fused-ring (bicyclic) bond motifs is 1. The molecule has 1 saturated heterocycles. The minimum atomic E-state index is -0.714. The summed E-state index contributed by atoms with van der Waals surface area (Å²) in [5.41, 5.74) is 0.535. The number of hydrogen-bond acceptors (Lipinski definition) is 6. The molecule has 3 amide bonds. The SMILES string of the molecule is CN(C(=O)CCc1cccc(F)c1Cl)[C@@H](CCC(=O)N1CCNCC1)COC(=O)Nc1cc2ccccc2cn1. The molecule has 0 unspecified atom stereocenters. The standard InChI is InChI=1S/C29H33ClFN5O4/c1-35(26(37)11-9-20-7-4-8-24(31)28(20)30)23(10-12-27(38)36-15-13-32-14-16-36)19-40-29(39)34-25-17-21-5-2-3-6-22(21)18-33-25/h2-8,17-18,23,32H,9-16,19H2,1H3,(H,33,34,39)/t23-/m0/s1. The highest BCUT2D eigenvalue weighted by Gasteiger charge is 2.25. The lowest BCUT2D eigenvalue weighted by Gasteiger charge is -2.30. The Morgan fingerprint density at radius 1 is 1.12 bits per heavy atom. The van der Waals surface area contributed by atoms with E-state index in [9.17, 15) is 18.8 Å². The molecule has 3 aromatic rings. The molecule has 40 heavy (non-hydrogen) atoms. The molecule has 11 heteroatoms. The van der Waals surface area contributed by atoms with E-state index in [2.05, 4.69) is 15.6 Å². The molecule has 9 nitrogen and oxygen atoms in total. The van der Waals surface area contributed by atoms with Crippen LogP contribution in [0.4, 0.5) is 15.0 Å². The fourth-order valence-corrected chi connectivity index (χ4v) is 4.80. The van der Waals surface area contributed by atoms with Crippen LogP contribution < -0.4 is 10.6 Å². The first kappa shape index (κ1) is 29.2. The summed E-state index contributed by atoms with van der Waals surface area (Å²) in [6.07, 6.45) is 1.79. The zero-order valence-electron chi connectivity index (χ0n) is 22.4. The van der Waals surface area contributed by atoms with Crippen LogP contribution in [-0.2, 0) is 20.7 Å². The lowest BCUT2D eigenvalue weighted by molar-refractivity contribution is -0.135. The fourth-order valence-electron chi connectivity index (χ4n) is 4.58. The first-order valence-electron chi connectivity index (χ1n) is 13.3. The van der Waals surface area contributed by atoms with Crippen LogP contribution in [0.25, 0.3) is 10.8 Å². The Labute approximate surface area is 237 Å². The molecule has 4 rings (SSSR count). The number of anilines is 1. The zero-order chi connectivity index (χ0) is 28.5. The van der Waals surface area contributed by atoms with Crippen LogP contribution in [0.2, 0.25) is 5.02 Å². The van der Waals surface area contributed by atoms with Crippen LogP contribution in [0.5, 0.6) is 0 Å². The van der Waals surface area contributed by atoms with E-state index in [1.807, 2.05) is 24.3 Å². The first-order chi connectivity index (χ1) is 19.3. The third-order valence-electron chi connectivity index (χ3n) is 7.01. The van der Waals surface area contributed by atoms with Gasteiger partial charge in [-0.1, -0.05) is 48.0 Å². The van der Waals surface area contributed by atoms with Gasteiger partial charge in [-0.3, -0.25) is 14.9 Å². The van der Waals surface area contributed by atoms with Gasteiger partial charge in [-0.2, -0.15) is 0 Å². The molecule has 1 aliphatic heterocycles. The number of rotatable bonds is 10. The zero-order valence-corrected chi connectivity index (χ0v) is 23.1. The summed E-state index contributed by atoms with van der Waals surface area (Å²) in [6, 6.07) is 13.3. The second-order valence-corrected chi connectivity index (χ2v) is 10.1. The van der Waals surface area contributed by atoms with E-state index >= 15 is 0 Å². The van der Waals surface area contributed by atoms with Crippen LogP contribution >= 0.6 is 11.6 Å². The summed E-state index contributed by atoms with van der Waals surface area (Å²) in [5, 5.41) is 7.70. The van der Waals surface area contributed by atoms with Crippen molar-refractivity contribution >= 4 is 46.1 Å². The van der Waals surface area contributed by atoms with Crippen molar-refractivity contribution in [2.45, 2.75) is 31.7 Å². The van der Waals surface area contributed by atoms with E-state index in [1.165, 1.54) is 11.0 Å². The maximum atomic E-state index is 13.8. The van der Waals surface area contributed by atoms with Crippen LogP contribution in [0.3, 0.4) is 0 Å². The van der Waals surface area contributed by atoms with Crippen molar-refractivity contribution < 1.29 is 23.5 Å². The molecule has 2 heterocycles. The third kappa shape index (κ3) is 7.89. The molecule has 1 aromatic heterocycles. The average Bonchev–Trinajstić information content (AvgIpc) is 2.97. The van der Waals surface area contributed by atoms with E-state index < -0.39 is 18.0 Å². The van der Waals surface area contributed by atoms with E-state index in [4.69, 9.17) is 16.3 Å². The number of amides is 3. The average molecular weight is 570 g/mol. The number of aryl methyl sites for hydroxylation is 1. The van der Waals surface area contributed by atoms with Gasteiger partial charge in [0.05, 0.1) is 11.1 Å². The molecule has 1 aliphatic rings. The lowest BCUT2D eigenvalue weighted by Crippen LogP contribution is -2.47. The maximum Gasteiger partial charge on any atom is 0.412 e. The molecular weight excluding hydrogens is 537 g/mol. The number of carbonyl (C=O) groups excluding carboxylic acids is 3. The number of nitrogens with one attached hydrogen (secondary N) is 2. The molecule has 0 saturated carbocycles. The molecule has 2 N–H and O–H groups in total. The van der Waals surface area contributed by atoms with Crippen molar-refractivity contribution in [3.63, 3.8) is 0 Å². The summed E-state index contributed by atoms with van der Waals surface area (Å²) in [4.78, 5) is 46.0. The molecule has 0 radical (unpaired) electrons. The molecule has 1 fully saturated rings. The number of benzene rings is 2. The number of hydrogen-bond donors (Lipinski definition) is 2. The van der Waals surface area contributed by atoms with E-state index in [0.717, 1.165) is 23.9 Å². The minimum Gasteiger partial charge on any atom is -0.447 e. The molecular formula is C29H33ClFN5O4. The normalized spacial score (nSPS) is 14.0. The Kier molecular flexibility index (Phi) is 10.3. The van der Waals surface area contributed by atoms with Gasteiger partial charge >= 0.3 is 6.09 Å². The second-order valence-electron chi connectivity index (χ2n) is 9.68. The van der Waals surface area contributed by atoms with Gasteiger partial charge in [0.1, 0.15) is 18.2 Å². The lowest BCUT2D eigenvalue weighted by atomic mass is 10.1. The minimum absolute atomic E-state index is 0.00146. The summed E-state index contributed by atoms with van der Waals surface area (Å²) >= 11 is 6.04. The first-order valence-corrected chi connectivity index (χ1v) is 13.6. The van der Waals surface area contributed by atoms with Crippen molar-refractivity contribution in [1.82, 2.24) is 20.1 Å². The van der Waals surface area contributed by atoms with Gasteiger partial charge in [0.25, 0.3) is 0 Å². The highest BCUT2D eigenvalue weighted by molar-refractivity contribution is 6.31. The van der Waals surface area contributed by atoms with Crippen LogP contribution in [0.15, 0.2) is 54.7 Å². The van der Waals surface area contributed by atoms with E-state index in [-0.39, 0.29) is 42.7 Å². The number of likely N-dealkylation sites (N-methyl/N-ethyl adjacent to an activating group) is 1. The number of nitrogens with zero attached hydrogens (tertiary/aromatic N) is 3. The second kappa shape index (κ2) is 14.0. The summed E-state index contributed by atoms with van der Waals surface area (Å²) < 4.78 is 19.3. The van der Waals surface area contributed by atoms with Crippen molar-refractivity contribution in [1.29, 1.82) is 0 Å². The number of carbonyl (C=O) groups is 3. The predicted octanol–water partition coefficient (Wildman–Crippen LogP) is 4.25. The van der Waals surface area contributed by atoms with Crippen molar-refractivity contribution in [3.8, 4) is 0 Å². The van der Waals surface area contributed by atoms with Gasteiger partial charge in [0.2, 0.25) is 11.8 Å². The molecule has 0 spiro atoms. The van der Waals surface area contributed by atoms with Crippen LogP contribution in [-0.4, -0.2) is 78.6 Å². The Hall–Kier alpha value is -3.76. The highest BCUT2D eigenvalue weighted by Crippen LogP contribution is 2.22. The quantitative estimate of drug-likeness (QED) is 0.378. The van der Waals surface area contributed by atoms with Crippen LogP contribution in [0, 0.1) is 5.82 Å². The van der Waals surface area contributed by atoms with Crippen molar-refractivity contribution in [3.05, 3.63) is 71.1 Å². The smallest absolute Gasteiger partial charge is 0.412 e. The maximum absolute atomic E-state index is 13.8. The molecule has 212 valence electrons. The predicted molar refractivity (Wildman–Crippen MR) is 152 cm³/mol. The van der Waals surface area contributed by atoms with Gasteiger partial charge in [0.15, 0.2) is 0 Å². The summed E-state index contributed by atoms with van der Waals surface area (Å²) in [7, 11) is 1.61. The number of halogens is 2. The number of aromatic nitrogens is 1. The van der Waals surface area contributed by atoms with Crippen molar-refractivity contribution in [2.24, 2.45) is 0 Å². The van der Waals surface area contributed by atoms with Crippen LogP contribution in [0.1, 0.15) is 24.8 Å². The van der Waals surface area contributed by atoms with Gasteiger partial charge in [-0.25, -0.2) is 14.2 Å². The Morgan fingerprint density at radius 2 is 1.88 bits per heavy atom. The number of ether oxygens (including phenoxy) is 1. The van der Waals surface area contributed by atoms with Gasteiger partial charge in [-0.05, 0) is 35.9 Å². The van der Waals surface area contributed by atoms with E-state index in [0.29, 0.717) is 30.9 Å². The fraction of sp³-hybridized carbons (Fsp3) is 0.379. The number of pyridine rings is 1. The Balaban J connectivity index is 1.37. The Morgan fingerprint density at radius 3 is 2.65 bits per heavy atom. The monoisotopic (exact) mass is 569 g/mol. The molecule has 0 bridgehead atoms. The topological polar surface area (TPSA) is 104 Å². The van der Waals surface area contributed by atoms with Gasteiger partial charge < -0.3 is 19.9 Å². The van der Waals surface area contributed by atoms with Gasteiger partial charge in [-0.15, -0.1) is 0 Å². The van der Waals surface area contributed by atoms with Crippen molar-refractivity contribution in [2.75, 3.05) is 45.2 Å². The third-order valence-corrected chi connectivity index (χ3v) is 7.43. The molecule has 1 atom stereocenters. The molecule has 2 aromatic carbocycles.